The predicted octanol–water partition coefficient (Wildman–Crippen LogP) is 4.23. The fourth-order valence-electron chi connectivity index (χ4n) is 2.98. The van der Waals surface area contributed by atoms with E-state index in [1.54, 1.807) is 0 Å². The van der Waals surface area contributed by atoms with Gasteiger partial charge in [-0.1, -0.05) is 19.9 Å². The monoisotopic (exact) mass is 307 g/mol. The second-order valence-electron chi connectivity index (χ2n) is 6.57. The maximum Gasteiger partial charge on any atom is 0.125 e. The van der Waals surface area contributed by atoms with Crippen molar-refractivity contribution in [1.29, 1.82) is 0 Å². The molecule has 4 heteroatoms. The maximum atomic E-state index is 6.16. The van der Waals surface area contributed by atoms with Gasteiger partial charge in [-0.2, -0.15) is 0 Å². The quantitative estimate of drug-likeness (QED) is 0.745. The number of alkyl halides is 1. The molecule has 0 spiro atoms. The predicted molar refractivity (Wildman–Crippen MR) is 91.1 cm³/mol. The Morgan fingerprint density at radius 2 is 2.00 bits per heavy atom. The average molecular weight is 308 g/mol. The summed E-state index contributed by atoms with van der Waals surface area (Å²) in [6.45, 7) is 7.67. The molecule has 21 heavy (non-hydrogen) atoms. The number of aromatic nitrogens is 2. The molecule has 3 nitrogen and oxygen atoms in total. The highest BCUT2D eigenvalue weighted by molar-refractivity contribution is 6.16. The third kappa shape index (κ3) is 3.78. The highest BCUT2D eigenvalue weighted by Gasteiger charge is 2.20. The fraction of sp³-hybridized carbons (Fsp3) is 0.588. The molecule has 0 bridgehead atoms. The fourth-order valence-corrected chi connectivity index (χ4v) is 3.17. The number of nitrogens with zero attached hydrogens (tertiary/aromatic N) is 3. The van der Waals surface area contributed by atoms with E-state index in [4.69, 9.17) is 16.6 Å². The number of hydrogen-bond donors (Lipinski definition) is 0. The summed E-state index contributed by atoms with van der Waals surface area (Å²) in [5, 5.41) is 0. The van der Waals surface area contributed by atoms with Crippen LogP contribution in [-0.4, -0.2) is 35.1 Å². The molecule has 0 N–H and O–H groups in total. The van der Waals surface area contributed by atoms with E-state index in [2.05, 4.69) is 62.5 Å². The summed E-state index contributed by atoms with van der Waals surface area (Å²) in [7, 11) is 4.25. The number of hydrogen-bond acceptors (Lipinski definition) is 2. The number of benzene rings is 1. The lowest BCUT2D eigenvalue weighted by Crippen LogP contribution is -2.26. The van der Waals surface area contributed by atoms with Gasteiger partial charge in [-0.15, -0.1) is 11.6 Å². The van der Waals surface area contributed by atoms with Gasteiger partial charge in [0.2, 0.25) is 0 Å². The van der Waals surface area contributed by atoms with Gasteiger partial charge in [0, 0.05) is 12.6 Å². The van der Waals surface area contributed by atoms with Crippen molar-refractivity contribution in [1.82, 2.24) is 14.5 Å². The van der Waals surface area contributed by atoms with Crippen molar-refractivity contribution < 1.29 is 0 Å². The lowest BCUT2D eigenvalue weighted by molar-refractivity contribution is 0.289. The van der Waals surface area contributed by atoms with E-state index in [0.29, 0.717) is 17.8 Å². The smallest absolute Gasteiger partial charge is 0.125 e. The molecule has 0 saturated carbocycles. The number of likely N-dealkylation sites (N-methyl/N-ethyl adjacent to an activating group) is 1. The lowest BCUT2D eigenvalue weighted by atomic mass is 10.0. The molecule has 0 aliphatic heterocycles. The number of imidazole rings is 1. The molecule has 1 aromatic heterocycles. The van der Waals surface area contributed by atoms with E-state index in [9.17, 15) is 0 Å². The van der Waals surface area contributed by atoms with E-state index in [1.165, 1.54) is 11.1 Å². The standard InChI is InChI=1S/C17H26ClN3/c1-12(2)8-14(11-20(4)5)21-16-9-13(3)6-7-15(16)19-17(21)10-18/h6-7,9,12,14H,8,10-11H2,1-5H3. The van der Waals surface area contributed by atoms with Gasteiger partial charge < -0.3 is 9.47 Å². The number of halogens is 1. The van der Waals surface area contributed by atoms with Crippen LogP contribution < -0.4 is 0 Å². The van der Waals surface area contributed by atoms with Crippen LogP contribution in [0.2, 0.25) is 0 Å². The zero-order valence-electron chi connectivity index (χ0n) is 13.7. The summed E-state index contributed by atoms with van der Waals surface area (Å²) in [5.74, 6) is 2.07. The summed E-state index contributed by atoms with van der Waals surface area (Å²) >= 11 is 6.16. The van der Waals surface area contributed by atoms with Crippen LogP contribution in [0.4, 0.5) is 0 Å². The number of fused-ring (bicyclic) bond motifs is 1. The van der Waals surface area contributed by atoms with Crippen molar-refractivity contribution in [3.63, 3.8) is 0 Å². The molecule has 0 saturated heterocycles. The van der Waals surface area contributed by atoms with Crippen LogP contribution >= 0.6 is 11.6 Å². The Labute approximate surface area is 132 Å². The minimum atomic E-state index is 0.403. The average Bonchev–Trinajstić information content (AvgIpc) is 2.74. The van der Waals surface area contributed by atoms with Crippen molar-refractivity contribution >= 4 is 22.6 Å². The van der Waals surface area contributed by atoms with E-state index < -0.39 is 0 Å². The highest BCUT2D eigenvalue weighted by Crippen LogP contribution is 2.27. The van der Waals surface area contributed by atoms with Crippen molar-refractivity contribution in [2.75, 3.05) is 20.6 Å². The molecule has 0 aliphatic rings. The summed E-state index contributed by atoms with van der Waals surface area (Å²) in [4.78, 5) is 6.96. The van der Waals surface area contributed by atoms with Gasteiger partial charge in [0.15, 0.2) is 0 Å². The van der Waals surface area contributed by atoms with Crippen molar-refractivity contribution in [3.8, 4) is 0 Å². The molecule has 0 radical (unpaired) electrons. The molecule has 1 atom stereocenters. The molecule has 1 unspecified atom stereocenters. The number of aryl methyl sites for hydroxylation is 1. The molecule has 2 rings (SSSR count). The van der Waals surface area contributed by atoms with E-state index in [1.807, 2.05) is 0 Å². The Bertz CT molecular complexity index is 591. The third-order valence-electron chi connectivity index (χ3n) is 3.72. The molecular weight excluding hydrogens is 282 g/mol. The van der Waals surface area contributed by atoms with Gasteiger partial charge in [0.1, 0.15) is 5.82 Å². The van der Waals surface area contributed by atoms with E-state index >= 15 is 0 Å². The van der Waals surface area contributed by atoms with Gasteiger partial charge in [-0.25, -0.2) is 4.98 Å². The van der Waals surface area contributed by atoms with Gasteiger partial charge in [0.05, 0.1) is 16.9 Å². The largest absolute Gasteiger partial charge is 0.323 e. The minimum absolute atomic E-state index is 0.403. The second kappa shape index (κ2) is 6.80. The Kier molecular flexibility index (Phi) is 5.28. The zero-order valence-corrected chi connectivity index (χ0v) is 14.5. The summed E-state index contributed by atoms with van der Waals surface area (Å²) < 4.78 is 2.36. The Hall–Kier alpha value is -1.06. The molecule has 0 fully saturated rings. The topological polar surface area (TPSA) is 21.1 Å². The zero-order chi connectivity index (χ0) is 15.6. The minimum Gasteiger partial charge on any atom is -0.323 e. The molecular formula is C17H26ClN3. The molecule has 0 aliphatic carbocycles. The molecule has 1 aromatic carbocycles. The van der Waals surface area contributed by atoms with E-state index in [-0.39, 0.29) is 0 Å². The van der Waals surface area contributed by atoms with Gasteiger partial charge in [-0.05, 0) is 51.1 Å². The third-order valence-corrected chi connectivity index (χ3v) is 3.96. The van der Waals surface area contributed by atoms with Crippen LogP contribution in [0.1, 0.15) is 37.7 Å². The lowest BCUT2D eigenvalue weighted by Gasteiger charge is -2.26. The van der Waals surface area contributed by atoms with Crippen LogP contribution in [0, 0.1) is 12.8 Å². The van der Waals surface area contributed by atoms with Crippen LogP contribution in [-0.2, 0) is 5.88 Å². The van der Waals surface area contributed by atoms with E-state index in [0.717, 1.165) is 24.3 Å². The van der Waals surface area contributed by atoms with Gasteiger partial charge in [0.25, 0.3) is 0 Å². The second-order valence-corrected chi connectivity index (χ2v) is 6.84. The SMILES string of the molecule is Cc1ccc2nc(CCl)n(C(CC(C)C)CN(C)C)c2c1. The molecule has 116 valence electrons. The van der Waals surface area contributed by atoms with Gasteiger partial charge in [-0.3, -0.25) is 0 Å². The Balaban J connectivity index is 2.55. The molecule has 1 heterocycles. The number of rotatable bonds is 6. The first-order chi connectivity index (χ1) is 9.92. The van der Waals surface area contributed by atoms with Crippen molar-refractivity contribution in [3.05, 3.63) is 29.6 Å². The Morgan fingerprint density at radius 1 is 1.29 bits per heavy atom. The van der Waals surface area contributed by atoms with Crippen LogP contribution in [0.15, 0.2) is 18.2 Å². The summed E-state index contributed by atoms with van der Waals surface area (Å²) in [6, 6.07) is 6.84. The van der Waals surface area contributed by atoms with Crippen molar-refractivity contribution in [2.45, 2.75) is 39.1 Å². The Morgan fingerprint density at radius 3 is 2.57 bits per heavy atom. The molecule has 0 amide bonds. The van der Waals surface area contributed by atoms with Crippen LogP contribution in [0.5, 0.6) is 0 Å². The normalized spacial score (nSPS) is 13.5. The first-order valence-electron chi connectivity index (χ1n) is 7.60. The highest BCUT2D eigenvalue weighted by atomic mass is 35.5. The van der Waals surface area contributed by atoms with Crippen molar-refractivity contribution in [2.24, 2.45) is 5.92 Å². The summed E-state index contributed by atoms with van der Waals surface area (Å²) in [5.41, 5.74) is 3.51. The maximum absolute atomic E-state index is 6.16. The first-order valence-corrected chi connectivity index (χ1v) is 8.14. The van der Waals surface area contributed by atoms with Crippen LogP contribution in [0.25, 0.3) is 11.0 Å². The van der Waals surface area contributed by atoms with Crippen LogP contribution in [0.3, 0.4) is 0 Å². The van der Waals surface area contributed by atoms with Gasteiger partial charge >= 0.3 is 0 Å². The summed E-state index contributed by atoms with van der Waals surface area (Å²) in [6.07, 6.45) is 1.13. The molecule has 2 aromatic rings. The first kappa shape index (κ1) is 16.3.